The van der Waals surface area contributed by atoms with Crippen molar-refractivity contribution in [3.63, 3.8) is 0 Å². The Bertz CT molecular complexity index is 1150. The molecular formula is C25H20N2O2. The zero-order valence-electron chi connectivity index (χ0n) is 15.8. The monoisotopic (exact) mass is 380 g/mol. The second kappa shape index (κ2) is 8.85. The van der Waals surface area contributed by atoms with Crippen molar-refractivity contribution in [1.82, 2.24) is 5.43 Å². The van der Waals surface area contributed by atoms with Crippen molar-refractivity contribution in [2.75, 3.05) is 0 Å². The first kappa shape index (κ1) is 18.4. The molecule has 4 rings (SSSR count). The molecule has 0 saturated carbocycles. The maximum absolute atomic E-state index is 12.6. The molecule has 0 radical (unpaired) electrons. The summed E-state index contributed by atoms with van der Waals surface area (Å²) in [5, 5.41) is 6.05. The van der Waals surface area contributed by atoms with Gasteiger partial charge in [0.1, 0.15) is 12.4 Å². The Kier molecular flexibility index (Phi) is 5.63. The smallest absolute Gasteiger partial charge is 0.271 e. The van der Waals surface area contributed by atoms with E-state index in [-0.39, 0.29) is 5.91 Å². The molecule has 0 atom stereocenters. The molecule has 0 fully saturated rings. The maximum atomic E-state index is 12.6. The van der Waals surface area contributed by atoms with E-state index in [1.807, 2.05) is 91.0 Å². The van der Waals surface area contributed by atoms with Gasteiger partial charge in [0.25, 0.3) is 5.91 Å². The van der Waals surface area contributed by atoms with Gasteiger partial charge in [-0.2, -0.15) is 5.10 Å². The molecule has 1 N–H and O–H groups in total. The number of nitrogens with one attached hydrogen (secondary N) is 1. The normalized spacial score (nSPS) is 10.9. The molecule has 4 nitrogen and oxygen atoms in total. The average molecular weight is 380 g/mol. The molecule has 0 aliphatic rings. The molecule has 0 aromatic heterocycles. The Balaban J connectivity index is 1.46. The number of hydrogen-bond acceptors (Lipinski definition) is 3. The number of rotatable bonds is 6. The van der Waals surface area contributed by atoms with Gasteiger partial charge in [0.2, 0.25) is 0 Å². The van der Waals surface area contributed by atoms with Crippen LogP contribution < -0.4 is 10.2 Å². The Hall–Kier alpha value is -3.92. The molecule has 0 unspecified atom stereocenters. The largest absolute Gasteiger partial charge is 0.488 e. The number of para-hydroxylation sites is 1. The van der Waals surface area contributed by atoms with Gasteiger partial charge >= 0.3 is 0 Å². The first-order valence-corrected chi connectivity index (χ1v) is 9.38. The molecule has 1 amide bonds. The maximum Gasteiger partial charge on any atom is 0.271 e. The van der Waals surface area contributed by atoms with Crippen LogP contribution in [-0.4, -0.2) is 12.1 Å². The molecule has 0 heterocycles. The zero-order valence-corrected chi connectivity index (χ0v) is 15.8. The minimum atomic E-state index is -0.249. The summed E-state index contributed by atoms with van der Waals surface area (Å²) in [6.45, 7) is 0.466. The Morgan fingerprint density at radius 1 is 0.828 bits per heavy atom. The van der Waals surface area contributed by atoms with Crippen LogP contribution in [0.3, 0.4) is 0 Å². The standard InChI is InChI=1S/C25H20N2O2/c28-25(23-15-8-13-20-11-4-6-14-22(20)23)27-26-17-21-12-5-7-16-24(21)29-18-19-9-2-1-3-10-19/h1-17H,18H2,(H,27,28). The average Bonchev–Trinajstić information content (AvgIpc) is 2.78. The lowest BCUT2D eigenvalue weighted by molar-refractivity contribution is 0.0957. The van der Waals surface area contributed by atoms with Gasteiger partial charge in [0.15, 0.2) is 0 Å². The van der Waals surface area contributed by atoms with E-state index in [1.165, 1.54) is 0 Å². The first-order valence-electron chi connectivity index (χ1n) is 9.38. The molecule has 0 bridgehead atoms. The van der Waals surface area contributed by atoms with E-state index in [0.29, 0.717) is 17.9 Å². The van der Waals surface area contributed by atoms with Gasteiger partial charge in [-0.3, -0.25) is 4.79 Å². The molecule has 29 heavy (non-hydrogen) atoms. The lowest BCUT2D eigenvalue weighted by Crippen LogP contribution is -2.18. The summed E-state index contributed by atoms with van der Waals surface area (Å²) in [5.41, 5.74) is 5.09. The lowest BCUT2D eigenvalue weighted by Gasteiger charge is -2.09. The fourth-order valence-corrected chi connectivity index (χ4v) is 3.10. The number of fused-ring (bicyclic) bond motifs is 1. The minimum Gasteiger partial charge on any atom is -0.488 e. The number of hydrogen-bond donors (Lipinski definition) is 1. The van der Waals surface area contributed by atoms with Crippen molar-refractivity contribution in [3.8, 4) is 5.75 Å². The molecule has 0 aliphatic carbocycles. The fraction of sp³-hybridized carbons (Fsp3) is 0.0400. The number of amides is 1. The van der Waals surface area contributed by atoms with Crippen LogP contribution in [0.2, 0.25) is 0 Å². The highest BCUT2D eigenvalue weighted by Gasteiger charge is 2.08. The number of hydrazone groups is 1. The van der Waals surface area contributed by atoms with Crippen molar-refractivity contribution in [2.45, 2.75) is 6.61 Å². The van der Waals surface area contributed by atoms with Gasteiger partial charge in [-0.15, -0.1) is 0 Å². The van der Waals surface area contributed by atoms with Gasteiger partial charge in [0, 0.05) is 11.1 Å². The fourth-order valence-electron chi connectivity index (χ4n) is 3.10. The van der Waals surface area contributed by atoms with Crippen LogP contribution in [-0.2, 0) is 6.61 Å². The summed E-state index contributed by atoms with van der Waals surface area (Å²) in [5.74, 6) is 0.459. The molecular weight excluding hydrogens is 360 g/mol. The Morgan fingerprint density at radius 2 is 1.55 bits per heavy atom. The van der Waals surface area contributed by atoms with Crippen molar-refractivity contribution in [3.05, 3.63) is 114 Å². The SMILES string of the molecule is O=C(NN=Cc1ccccc1OCc1ccccc1)c1cccc2ccccc12. The van der Waals surface area contributed by atoms with E-state index in [9.17, 15) is 4.79 Å². The highest BCUT2D eigenvalue weighted by molar-refractivity contribution is 6.07. The second-order valence-electron chi connectivity index (χ2n) is 6.54. The van der Waals surface area contributed by atoms with E-state index in [4.69, 9.17) is 4.74 Å². The summed E-state index contributed by atoms with van der Waals surface area (Å²) in [6.07, 6.45) is 1.60. The summed E-state index contributed by atoms with van der Waals surface area (Å²) in [7, 11) is 0. The van der Waals surface area contributed by atoms with Crippen LogP contribution in [0.1, 0.15) is 21.5 Å². The van der Waals surface area contributed by atoms with E-state index in [1.54, 1.807) is 12.3 Å². The van der Waals surface area contributed by atoms with Gasteiger partial charge in [-0.25, -0.2) is 5.43 Å². The molecule has 0 spiro atoms. The van der Waals surface area contributed by atoms with Gasteiger partial charge in [-0.05, 0) is 34.5 Å². The van der Waals surface area contributed by atoms with E-state index >= 15 is 0 Å². The highest BCUT2D eigenvalue weighted by atomic mass is 16.5. The predicted octanol–water partition coefficient (Wildman–Crippen LogP) is 5.18. The Labute approximate surface area is 169 Å². The second-order valence-corrected chi connectivity index (χ2v) is 6.54. The predicted molar refractivity (Wildman–Crippen MR) is 116 cm³/mol. The number of benzene rings is 4. The molecule has 142 valence electrons. The highest BCUT2D eigenvalue weighted by Crippen LogP contribution is 2.19. The van der Waals surface area contributed by atoms with Crippen LogP contribution in [0.4, 0.5) is 0 Å². The van der Waals surface area contributed by atoms with Crippen molar-refractivity contribution >= 4 is 22.9 Å². The number of nitrogens with zero attached hydrogens (tertiary/aromatic N) is 1. The summed E-state index contributed by atoms with van der Waals surface area (Å²) in [4.78, 5) is 12.6. The minimum absolute atomic E-state index is 0.249. The van der Waals surface area contributed by atoms with Crippen LogP contribution in [0.15, 0.2) is 102 Å². The quantitative estimate of drug-likeness (QED) is 0.370. The third-order valence-corrected chi connectivity index (χ3v) is 4.56. The van der Waals surface area contributed by atoms with Crippen LogP contribution >= 0.6 is 0 Å². The molecule has 4 aromatic rings. The van der Waals surface area contributed by atoms with E-state index in [2.05, 4.69) is 10.5 Å². The third kappa shape index (κ3) is 4.50. The van der Waals surface area contributed by atoms with Gasteiger partial charge in [-0.1, -0.05) is 78.9 Å². The number of carbonyl (C=O) groups is 1. The first-order chi connectivity index (χ1) is 14.3. The van der Waals surface area contributed by atoms with Crippen LogP contribution in [0.5, 0.6) is 5.75 Å². The van der Waals surface area contributed by atoms with E-state index in [0.717, 1.165) is 21.9 Å². The summed E-state index contributed by atoms with van der Waals surface area (Å²) in [6, 6.07) is 31.0. The zero-order chi connectivity index (χ0) is 19.9. The van der Waals surface area contributed by atoms with Gasteiger partial charge < -0.3 is 4.74 Å². The van der Waals surface area contributed by atoms with Crippen LogP contribution in [0, 0.1) is 0 Å². The summed E-state index contributed by atoms with van der Waals surface area (Å²) < 4.78 is 5.92. The molecule has 4 aromatic carbocycles. The van der Waals surface area contributed by atoms with E-state index < -0.39 is 0 Å². The number of ether oxygens (including phenoxy) is 1. The molecule has 0 saturated heterocycles. The van der Waals surface area contributed by atoms with Crippen molar-refractivity contribution < 1.29 is 9.53 Å². The summed E-state index contributed by atoms with van der Waals surface area (Å²) >= 11 is 0. The topological polar surface area (TPSA) is 50.7 Å². The lowest BCUT2D eigenvalue weighted by atomic mass is 10.0. The van der Waals surface area contributed by atoms with Gasteiger partial charge in [0.05, 0.1) is 6.21 Å². The van der Waals surface area contributed by atoms with Crippen molar-refractivity contribution in [1.29, 1.82) is 0 Å². The Morgan fingerprint density at radius 3 is 2.45 bits per heavy atom. The molecule has 0 aliphatic heterocycles. The molecule has 4 heteroatoms. The number of carbonyl (C=O) groups excluding carboxylic acids is 1. The van der Waals surface area contributed by atoms with Crippen molar-refractivity contribution in [2.24, 2.45) is 5.10 Å². The van der Waals surface area contributed by atoms with Crippen LogP contribution in [0.25, 0.3) is 10.8 Å². The third-order valence-electron chi connectivity index (χ3n) is 4.56.